The van der Waals surface area contributed by atoms with Crippen LogP contribution in [0.3, 0.4) is 0 Å². The van der Waals surface area contributed by atoms with E-state index in [0.717, 1.165) is 6.92 Å². The third-order valence-electron chi connectivity index (χ3n) is 1.24. The lowest BCUT2D eigenvalue weighted by molar-refractivity contribution is -0.134. The van der Waals surface area contributed by atoms with Gasteiger partial charge < -0.3 is 10.2 Å². The molecule has 78 valence electrons. The van der Waals surface area contributed by atoms with Crippen LogP contribution in [0.1, 0.15) is 22.8 Å². The molecule has 0 saturated carbocycles. The van der Waals surface area contributed by atoms with Gasteiger partial charge in [-0.1, -0.05) is 6.07 Å². The first-order valence-corrected chi connectivity index (χ1v) is 3.90. The molecule has 0 spiro atoms. The molecule has 0 radical (unpaired) electrons. The predicted molar refractivity (Wildman–Crippen MR) is 51.4 cm³/mol. The second-order valence-corrected chi connectivity index (χ2v) is 2.52. The fourth-order valence-corrected chi connectivity index (χ4v) is 0.722. The van der Waals surface area contributed by atoms with Crippen LogP contribution in [-0.4, -0.2) is 22.2 Å². The SMILES string of the molecule is CC(=O)O.N#Cc1cccc(C(=O)O)c1. The van der Waals surface area contributed by atoms with Gasteiger partial charge in [0.05, 0.1) is 17.2 Å². The van der Waals surface area contributed by atoms with E-state index < -0.39 is 11.9 Å². The molecule has 0 amide bonds. The summed E-state index contributed by atoms with van der Waals surface area (Å²) in [5.41, 5.74) is 0.508. The van der Waals surface area contributed by atoms with Crippen molar-refractivity contribution in [1.82, 2.24) is 0 Å². The monoisotopic (exact) mass is 207 g/mol. The van der Waals surface area contributed by atoms with Gasteiger partial charge in [0.25, 0.3) is 5.97 Å². The molecule has 0 atom stereocenters. The number of aliphatic carboxylic acids is 1. The van der Waals surface area contributed by atoms with E-state index in [-0.39, 0.29) is 5.56 Å². The van der Waals surface area contributed by atoms with Crippen molar-refractivity contribution >= 4 is 11.9 Å². The number of nitrogens with zero attached hydrogens (tertiary/aromatic N) is 1. The van der Waals surface area contributed by atoms with Gasteiger partial charge >= 0.3 is 5.97 Å². The topological polar surface area (TPSA) is 98.4 Å². The van der Waals surface area contributed by atoms with Crippen molar-refractivity contribution in [3.05, 3.63) is 35.4 Å². The Morgan fingerprint density at radius 3 is 2.27 bits per heavy atom. The molecule has 2 N–H and O–H groups in total. The molecule has 15 heavy (non-hydrogen) atoms. The summed E-state index contributed by atoms with van der Waals surface area (Å²) in [7, 11) is 0. The zero-order valence-corrected chi connectivity index (χ0v) is 7.97. The minimum absolute atomic E-state index is 0.143. The first-order valence-electron chi connectivity index (χ1n) is 3.90. The van der Waals surface area contributed by atoms with Gasteiger partial charge in [0.15, 0.2) is 0 Å². The van der Waals surface area contributed by atoms with Crippen molar-refractivity contribution in [2.75, 3.05) is 0 Å². The van der Waals surface area contributed by atoms with Gasteiger partial charge in [-0.2, -0.15) is 5.26 Å². The van der Waals surface area contributed by atoms with E-state index in [4.69, 9.17) is 20.3 Å². The van der Waals surface area contributed by atoms with Crippen LogP contribution in [0.2, 0.25) is 0 Å². The lowest BCUT2D eigenvalue weighted by Crippen LogP contribution is -1.95. The van der Waals surface area contributed by atoms with E-state index in [2.05, 4.69) is 0 Å². The first kappa shape index (κ1) is 12.7. The van der Waals surface area contributed by atoms with Crippen LogP contribution in [0.4, 0.5) is 0 Å². The molecule has 1 rings (SSSR count). The molecule has 0 aliphatic rings. The fraction of sp³-hybridized carbons (Fsp3) is 0.100. The molecular weight excluding hydrogens is 198 g/mol. The fourth-order valence-electron chi connectivity index (χ4n) is 0.722. The van der Waals surface area contributed by atoms with Gasteiger partial charge in [-0.15, -0.1) is 0 Å². The molecule has 0 heterocycles. The van der Waals surface area contributed by atoms with Crippen LogP contribution in [0.15, 0.2) is 24.3 Å². The van der Waals surface area contributed by atoms with E-state index in [9.17, 15) is 4.79 Å². The highest BCUT2D eigenvalue weighted by Gasteiger charge is 2.01. The quantitative estimate of drug-likeness (QED) is 0.724. The van der Waals surface area contributed by atoms with E-state index in [1.54, 1.807) is 12.1 Å². The predicted octanol–water partition coefficient (Wildman–Crippen LogP) is 1.35. The number of benzene rings is 1. The Hall–Kier alpha value is -2.35. The number of carboxylic acid groups (broad SMARTS) is 2. The summed E-state index contributed by atoms with van der Waals surface area (Å²) in [5, 5.41) is 24.3. The molecular formula is C10H9NO4. The van der Waals surface area contributed by atoms with Gasteiger partial charge in [0.2, 0.25) is 0 Å². The summed E-state index contributed by atoms with van der Waals surface area (Å²) >= 11 is 0. The molecule has 5 heteroatoms. The number of carbonyl (C=O) groups is 2. The summed E-state index contributed by atoms with van der Waals surface area (Å²) in [6.45, 7) is 1.08. The summed E-state index contributed by atoms with van der Waals surface area (Å²) < 4.78 is 0. The van der Waals surface area contributed by atoms with Crippen molar-refractivity contribution in [2.45, 2.75) is 6.92 Å². The van der Waals surface area contributed by atoms with Gasteiger partial charge in [0, 0.05) is 6.92 Å². The van der Waals surface area contributed by atoms with E-state index in [1.807, 2.05) is 6.07 Å². The lowest BCUT2D eigenvalue weighted by atomic mass is 10.1. The van der Waals surface area contributed by atoms with Crippen LogP contribution in [0.5, 0.6) is 0 Å². The normalized spacial score (nSPS) is 8.00. The molecule has 0 saturated heterocycles. The smallest absolute Gasteiger partial charge is 0.335 e. The standard InChI is InChI=1S/C8H5NO2.C2H4O2/c9-5-6-2-1-3-7(4-6)8(10)11;1-2(3)4/h1-4H,(H,10,11);1H3,(H,3,4). The minimum atomic E-state index is -1.01. The Bertz CT molecular complexity index is 402. The van der Waals surface area contributed by atoms with Gasteiger partial charge in [-0.05, 0) is 18.2 Å². The second-order valence-electron chi connectivity index (χ2n) is 2.52. The van der Waals surface area contributed by atoms with E-state index in [0.29, 0.717) is 5.56 Å². The maximum Gasteiger partial charge on any atom is 0.335 e. The summed E-state index contributed by atoms with van der Waals surface area (Å²) in [5.74, 6) is -1.85. The minimum Gasteiger partial charge on any atom is -0.481 e. The van der Waals surface area contributed by atoms with Gasteiger partial charge in [0.1, 0.15) is 0 Å². The largest absolute Gasteiger partial charge is 0.481 e. The molecule has 1 aromatic carbocycles. The molecule has 5 nitrogen and oxygen atoms in total. The van der Waals surface area contributed by atoms with Gasteiger partial charge in [-0.25, -0.2) is 4.79 Å². The maximum absolute atomic E-state index is 10.4. The highest BCUT2D eigenvalue weighted by molar-refractivity contribution is 5.87. The number of rotatable bonds is 1. The second kappa shape index (κ2) is 6.16. The number of aromatic carboxylic acids is 1. The number of hydrogen-bond acceptors (Lipinski definition) is 3. The van der Waals surface area contributed by atoms with Crippen LogP contribution >= 0.6 is 0 Å². The molecule has 0 fully saturated rings. The molecule has 1 aromatic rings. The molecule has 0 aliphatic carbocycles. The van der Waals surface area contributed by atoms with Crippen LogP contribution in [-0.2, 0) is 4.79 Å². The average molecular weight is 207 g/mol. The highest BCUT2D eigenvalue weighted by atomic mass is 16.4. The summed E-state index contributed by atoms with van der Waals surface area (Å²) in [4.78, 5) is 19.4. The van der Waals surface area contributed by atoms with E-state index >= 15 is 0 Å². The molecule has 0 aromatic heterocycles. The zero-order valence-electron chi connectivity index (χ0n) is 7.97. The maximum atomic E-state index is 10.4. The van der Waals surface area contributed by atoms with Gasteiger partial charge in [-0.3, -0.25) is 4.79 Å². The van der Waals surface area contributed by atoms with Crippen molar-refractivity contribution in [1.29, 1.82) is 5.26 Å². The van der Waals surface area contributed by atoms with Crippen molar-refractivity contribution < 1.29 is 19.8 Å². The Morgan fingerprint density at radius 1 is 1.33 bits per heavy atom. The number of hydrogen-bond donors (Lipinski definition) is 2. The Labute approximate surface area is 86.2 Å². The van der Waals surface area contributed by atoms with Crippen molar-refractivity contribution in [2.24, 2.45) is 0 Å². The van der Waals surface area contributed by atoms with Crippen LogP contribution in [0.25, 0.3) is 0 Å². The Morgan fingerprint density at radius 2 is 1.87 bits per heavy atom. The number of nitriles is 1. The van der Waals surface area contributed by atoms with Crippen molar-refractivity contribution in [3.63, 3.8) is 0 Å². The Balaban J connectivity index is 0.000000423. The van der Waals surface area contributed by atoms with Crippen LogP contribution < -0.4 is 0 Å². The third-order valence-corrected chi connectivity index (χ3v) is 1.24. The number of carboxylic acids is 2. The molecule has 0 unspecified atom stereocenters. The highest BCUT2D eigenvalue weighted by Crippen LogP contribution is 2.03. The summed E-state index contributed by atoms with van der Waals surface area (Å²) in [6, 6.07) is 7.75. The van der Waals surface area contributed by atoms with Crippen molar-refractivity contribution in [3.8, 4) is 6.07 Å². The zero-order chi connectivity index (χ0) is 11.8. The first-order chi connectivity index (χ1) is 6.97. The average Bonchev–Trinajstić information content (AvgIpc) is 2.17. The van der Waals surface area contributed by atoms with E-state index in [1.165, 1.54) is 12.1 Å². The molecule has 0 aliphatic heterocycles. The lowest BCUT2D eigenvalue weighted by Gasteiger charge is -1.91. The Kier molecular flexibility index (Phi) is 5.19. The molecule has 0 bridgehead atoms. The third kappa shape index (κ3) is 5.82. The summed E-state index contributed by atoms with van der Waals surface area (Å²) in [6.07, 6.45) is 0. The van der Waals surface area contributed by atoms with Crippen LogP contribution in [0, 0.1) is 11.3 Å².